The van der Waals surface area contributed by atoms with E-state index >= 15 is 0 Å². The molecular formula is C11H13FN2O. The molecule has 0 saturated heterocycles. The molecule has 0 spiro atoms. The zero-order chi connectivity index (χ0) is 11.3. The Bertz CT molecular complexity index is 373. The maximum absolute atomic E-state index is 13.0. The molecule has 0 aliphatic carbocycles. The quantitative estimate of drug-likeness (QED) is 0.824. The summed E-state index contributed by atoms with van der Waals surface area (Å²) in [5.74, 6) is -0.497. The fourth-order valence-electron chi connectivity index (χ4n) is 1.07. The summed E-state index contributed by atoms with van der Waals surface area (Å²) in [6.07, 6.45) is 0.0700. The number of anilines is 1. The van der Waals surface area contributed by atoms with Gasteiger partial charge in [-0.15, -0.1) is 0 Å². The molecule has 0 bridgehead atoms. The summed E-state index contributed by atoms with van der Waals surface area (Å²) in [5, 5.41) is 11.7. The van der Waals surface area contributed by atoms with Gasteiger partial charge in [0, 0.05) is 19.3 Å². The first-order chi connectivity index (χ1) is 7.17. The first kappa shape index (κ1) is 11.5. The maximum atomic E-state index is 13.0. The van der Waals surface area contributed by atoms with E-state index in [0.29, 0.717) is 6.54 Å². The molecular weight excluding hydrogens is 195 g/mol. The van der Waals surface area contributed by atoms with Gasteiger partial charge in [0.15, 0.2) is 0 Å². The van der Waals surface area contributed by atoms with E-state index in [4.69, 9.17) is 10.00 Å². The Morgan fingerprint density at radius 2 is 2.33 bits per heavy atom. The van der Waals surface area contributed by atoms with E-state index < -0.39 is 5.82 Å². The number of nitriles is 1. The Morgan fingerprint density at radius 3 is 2.93 bits per heavy atom. The van der Waals surface area contributed by atoms with E-state index in [1.807, 2.05) is 6.92 Å². The van der Waals surface area contributed by atoms with E-state index in [-0.39, 0.29) is 11.7 Å². The lowest BCUT2D eigenvalue weighted by Crippen LogP contribution is -2.18. The number of benzene rings is 1. The van der Waals surface area contributed by atoms with E-state index in [1.54, 1.807) is 19.2 Å². The average molecular weight is 208 g/mol. The molecule has 0 saturated carbocycles. The highest BCUT2D eigenvalue weighted by Gasteiger charge is 2.03. The Morgan fingerprint density at radius 1 is 1.60 bits per heavy atom. The molecule has 1 rings (SSSR count). The number of halogens is 1. The number of nitrogens with zero attached hydrogens (tertiary/aromatic N) is 1. The van der Waals surface area contributed by atoms with Crippen molar-refractivity contribution in [2.45, 2.75) is 13.0 Å². The van der Waals surface area contributed by atoms with Crippen LogP contribution in [0.1, 0.15) is 12.5 Å². The Balaban J connectivity index is 2.67. The minimum absolute atomic E-state index is 0.0464. The monoisotopic (exact) mass is 208 g/mol. The summed E-state index contributed by atoms with van der Waals surface area (Å²) in [6, 6.07) is 6.15. The molecule has 80 valence electrons. The van der Waals surface area contributed by atoms with Crippen LogP contribution in [0.25, 0.3) is 0 Å². The number of ether oxygens (including phenoxy) is 1. The van der Waals surface area contributed by atoms with Crippen LogP contribution in [0.5, 0.6) is 0 Å². The standard InChI is InChI=1S/C11H13FN2O/c1-8(15-2)7-14-10-3-4-11(12)9(5-10)6-13/h3-5,8,14H,7H2,1-2H3. The van der Waals surface area contributed by atoms with E-state index in [9.17, 15) is 4.39 Å². The van der Waals surface area contributed by atoms with Crippen LogP contribution in [0.15, 0.2) is 18.2 Å². The average Bonchev–Trinajstić information content (AvgIpc) is 2.27. The van der Waals surface area contributed by atoms with E-state index in [1.165, 1.54) is 12.1 Å². The normalized spacial score (nSPS) is 11.9. The smallest absolute Gasteiger partial charge is 0.141 e. The third kappa shape index (κ3) is 3.22. The van der Waals surface area contributed by atoms with Crippen LogP contribution in [-0.4, -0.2) is 19.8 Å². The van der Waals surface area contributed by atoms with Gasteiger partial charge in [-0.05, 0) is 25.1 Å². The van der Waals surface area contributed by atoms with Gasteiger partial charge in [-0.2, -0.15) is 5.26 Å². The Kier molecular flexibility index (Phi) is 4.07. The van der Waals surface area contributed by atoms with Crippen molar-refractivity contribution >= 4 is 5.69 Å². The third-order valence-corrected chi connectivity index (χ3v) is 2.08. The lowest BCUT2D eigenvalue weighted by molar-refractivity contribution is 0.129. The highest BCUT2D eigenvalue weighted by molar-refractivity contribution is 5.49. The first-order valence-electron chi connectivity index (χ1n) is 4.63. The van der Waals surface area contributed by atoms with Crippen LogP contribution in [0.2, 0.25) is 0 Å². The van der Waals surface area contributed by atoms with Gasteiger partial charge in [0.25, 0.3) is 0 Å². The topological polar surface area (TPSA) is 45.0 Å². The van der Waals surface area contributed by atoms with E-state index in [2.05, 4.69) is 5.32 Å². The molecule has 1 N–H and O–H groups in total. The molecule has 0 fully saturated rings. The highest BCUT2D eigenvalue weighted by Crippen LogP contribution is 2.13. The van der Waals surface area contributed by atoms with Crippen LogP contribution >= 0.6 is 0 Å². The van der Waals surface area contributed by atoms with Crippen LogP contribution in [-0.2, 0) is 4.74 Å². The molecule has 0 radical (unpaired) electrons. The zero-order valence-corrected chi connectivity index (χ0v) is 8.75. The van der Waals surface area contributed by atoms with Crippen molar-refractivity contribution in [3.63, 3.8) is 0 Å². The van der Waals surface area contributed by atoms with Gasteiger partial charge in [-0.3, -0.25) is 0 Å². The largest absolute Gasteiger partial charge is 0.382 e. The molecule has 0 amide bonds. The molecule has 4 heteroatoms. The van der Waals surface area contributed by atoms with Gasteiger partial charge in [0.05, 0.1) is 11.7 Å². The van der Waals surface area contributed by atoms with Crippen LogP contribution in [0, 0.1) is 17.1 Å². The van der Waals surface area contributed by atoms with Crippen LogP contribution < -0.4 is 5.32 Å². The summed E-state index contributed by atoms with van der Waals surface area (Å²) in [5.41, 5.74) is 0.766. The van der Waals surface area contributed by atoms with Crippen LogP contribution in [0.4, 0.5) is 10.1 Å². The second-order valence-electron chi connectivity index (χ2n) is 3.23. The lowest BCUT2D eigenvalue weighted by atomic mass is 10.2. The second kappa shape index (κ2) is 5.32. The number of nitrogens with one attached hydrogen (secondary N) is 1. The van der Waals surface area contributed by atoms with Gasteiger partial charge in [0.2, 0.25) is 0 Å². The summed E-state index contributed by atoms with van der Waals surface area (Å²) >= 11 is 0. The van der Waals surface area contributed by atoms with Crippen LogP contribution in [0.3, 0.4) is 0 Å². The lowest BCUT2D eigenvalue weighted by Gasteiger charge is -2.11. The summed E-state index contributed by atoms with van der Waals surface area (Å²) in [6.45, 7) is 2.54. The second-order valence-corrected chi connectivity index (χ2v) is 3.23. The SMILES string of the molecule is COC(C)CNc1ccc(F)c(C#N)c1. The number of methoxy groups -OCH3 is 1. The van der Waals surface area contributed by atoms with Gasteiger partial charge in [-0.25, -0.2) is 4.39 Å². The molecule has 0 aliphatic rings. The van der Waals surface area contributed by atoms with Gasteiger partial charge < -0.3 is 10.1 Å². The third-order valence-electron chi connectivity index (χ3n) is 2.08. The van der Waals surface area contributed by atoms with Crippen molar-refractivity contribution in [1.82, 2.24) is 0 Å². The first-order valence-corrected chi connectivity index (χ1v) is 4.63. The number of rotatable bonds is 4. The van der Waals surface area contributed by atoms with E-state index in [0.717, 1.165) is 5.69 Å². The van der Waals surface area contributed by atoms with Crippen molar-refractivity contribution in [2.24, 2.45) is 0 Å². The Labute approximate surface area is 88.5 Å². The molecule has 0 aromatic heterocycles. The Hall–Kier alpha value is -1.60. The highest BCUT2D eigenvalue weighted by atomic mass is 19.1. The van der Waals surface area contributed by atoms with Crippen molar-refractivity contribution in [1.29, 1.82) is 5.26 Å². The number of hydrogen-bond donors (Lipinski definition) is 1. The van der Waals surface area contributed by atoms with Gasteiger partial charge in [-0.1, -0.05) is 0 Å². The summed E-state index contributed by atoms with van der Waals surface area (Å²) in [7, 11) is 1.62. The maximum Gasteiger partial charge on any atom is 0.141 e. The van der Waals surface area contributed by atoms with Crippen molar-refractivity contribution in [3.05, 3.63) is 29.6 Å². The minimum atomic E-state index is -0.497. The molecule has 1 atom stereocenters. The predicted octanol–water partition coefficient (Wildman–Crippen LogP) is 2.14. The van der Waals surface area contributed by atoms with Gasteiger partial charge in [0.1, 0.15) is 11.9 Å². The zero-order valence-electron chi connectivity index (χ0n) is 8.75. The fraction of sp³-hybridized carbons (Fsp3) is 0.364. The molecule has 1 aromatic carbocycles. The summed E-state index contributed by atoms with van der Waals surface area (Å²) in [4.78, 5) is 0. The summed E-state index contributed by atoms with van der Waals surface area (Å²) < 4.78 is 18.0. The van der Waals surface area contributed by atoms with Crippen molar-refractivity contribution in [3.8, 4) is 6.07 Å². The molecule has 0 heterocycles. The molecule has 0 aliphatic heterocycles. The molecule has 3 nitrogen and oxygen atoms in total. The molecule has 15 heavy (non-hydrogen) atoms. The number of hydrogen-bond acceptors (Lipinski definition) is 3. The van der Waals surface area contributed by atoms with Gasteiger partial charge >= 0.3 is 0 Å². The van der Waals surface area contributed by atoms with Crippen molar-refractivity contribution < 1.29 is 9.13 Å². The molecule has 1 unspecified atom stereocenters. The predicted molar refractivity (Wildman–Crippen MR) is 56.1 cm³/mol. The minimum Gasteiger partial charge on any atom is -0.382 e. The molecule has 1 aromatic rings. The van der Waals surface area contributed by atoms with Crippen molar-refractivity contribution in [2.75, 3.05) is 19.0 Å². The fourth-order valence-corrected chi connectivity index (χ4v) is 1.07.